The van der Waals surface area contributed by atoms with Gasteiger partial charge >= 0.3 is 0 Å². The number of benzene rings is 2. The highest BCUT2D eigenvalue weighted by atomic mass is 16.5. The molecule has 1 amide bonds. The van der Waals surface area contributed by atoms with Crippen molar-refractivity contribution in [1.82, 2.24) is 20.1 Å². The number of carbonyl (C=O) groups excluding carboxylic acids is 1. The minimum Gasteiger partial charge on any atom is -0.489 e. The first-order valence-electron chi connectivity index (χ1n) is 14.6. The van der Waals surface area contributed by atoms with Crippen molar-refractivity contribution in [3.8, 4) is 5.75 Å². The van der Waals surface area contributed by atoms with Crippen molar-refractivity contribution >= 4 is 16.8 Å². The molecule has 7 rings (SSSR count). The molecule has 3 fully saturated rings. The van der Waals surface area contributed by atoms with Crippen molar-refractivity contribution in [3.05, 3.63) is 70.9 Å². The van der Waals surface area contributed by atoms with Gasteiger partial charge in [-0.25, -0.2) is 0 Å². The molecule has 2 aromatic carbocycles. The van der Waals surface area contributed by atoms with Crippen molar-refractivity contribution < 1.29 is 14.3 Å². The highest BCUT2D eigenvalue weighted by Gasteiger charge is 2.35. The number of carbonyl (C=O) groups is 1. The summed E-state index contributed by atoms with van der Waals surface area (Å²) < 4.78 is 12.1. The molecule has 3 aromatic rings. The van der Waals surface area contributed by atoms with E-state index in [9.17, 15) is 4.79 Å². The van der Waals surface area contributed by atoms with E-state index in [1.165, 1.54) is 10.9 Å². The highest BCUT2D eigenvalue weighted by Crippen LogP contribution is 2.32. The van der Waals surface area contributed by atoms with E-state index in [-0.39, 0.29) is 12.0 Å². The van der Waals surface area contributed by atoms with Gasteiger partial charge < -0.3 is 19.7 Å². The van der Waals surface area contributed by atoms with Gasteiger partial charge in [0.05, 0.1) is 12.1 Å². The number of amides is 1. The molecule has 4 aliphatic heterocycles. The lowest BCUT2D eigenvalue weighted by molar-refractivity contribution is 0.0674. The third-order valence-electron chi connectivity index (χ3n) is 9.06. The number of aromatic nitrogens is 1. The molecule has 4 atom stereocenters. The number of hydrogen-bond donors (Lipinski definition) is 1. The molecule has 1 aromatic heterocycles. The first-order chi connectivity index (χ1) is 19.1. The predicted octanol–water partition coefficient (Wildman–Crippen LogP) is 4.35. The van der Waals surface area contributed by atoms with Crippen LogP contribution < -0.4 is 10.1 Å². The maximum absolute atomic E-state index is 13.0. The lowest BCUT2D eigenvalue weighted by Gasteiger charge is -2.31. The Hall–Kier alpha value is -3.00. The molecular formula is C32H38N4O3. The molecule has 7 heteroatoms. The van der Waals surface area contributed by atoms with Crippen LogP contribution >= 0.6 is 0 Å². The zero-order valence-electron chi connectivity index (χ0n) is 22.8. The Kier molecular flexibility index (Phi) is 6.75. The first kappa shape index (κ1) is 25.0. The first-order valence-corrected chi connectivity index (χ1v) is 14.6. The molecule has 0 spiro atoms. The van der Waals surface area contributed by atoms with Crippen LogP contribution in [0.5, 0.6) is 5.75 Å². The number of pyridine rings is 1. The van der Waals surface area contributed by atoms with Gasteiger partial charge in [0.2, 0.25) is 0 Å². The molecule has 4 aliphatic rings. The molecule has 1 unspecified atom stereocenters. The summed E-state index contributed by atoms with van der Waals surface area (Å²) in [4.78, 5) is 22.5. The summed E-state index contributed by atoms with van der Waals surface area (Å²) in [5.41, 5.74) is 5.45. The van der Waals surface area contributed by atoms with E-state index in [0.29, 0.717) is 24.4 Å². The molecule has 204 valence electrons. The van der Waals surface area contributed by atoms with Crippen LogP contribution in [0.2, 0.25) is 0 Å². The topological polar surface area (TPSA) is 66.9 Å². The van der Waals surface area contributed by atoms with Crippen LogP contribution in [0.4, 0.5) is 0 Å². The summed E-state index contributed by atoms with van der Waals surface area (Å²) in [6, 6.07) is 17.4. The average molecular weight is 527 g/mol. The maximum atomic E-state index is 13.0. The summed E-state index contributed by atoms with van der Waals surface area (Å²) in [6.45, 7) is 9.34. The fourth-order valence-corrected chi connectivity index (χ4v) is 6.82. The summed E-state index contributed by atoms with van der Waals surface area (Å²) in [5, 5.41) is 4.63. The fourth-order valence-electron chi connectivity index (χ4n) is 6.82. The molecule has 5 heterocycles. The Balaban J connectivity index is 0.987. The van der Waals surface area contributed by atoms with Crippen LogP contribution in [0, 0.1) is 5.92 Å². The van der Waals surface area contributed by atoms with E-state index >= 15 is 0 Å². The van der Waals surface area contributed by atoms with Crippen molar-refractivity contribution in [2.75, 3.05) is 39.4 Å². The number of nitrogens with zero attached hydrogens (tertiary/aromatic N) is 3. The van der Waals surface area contributed by atoms with Gasteiger partial charge in [-0.15, -0.1) is 0 Å². The lowest BCUT2D eigenvalue weighted by atomic mass is 10.0. The Labute approximate surface area is 230 Å². The van der Waals surface area contributed by atoms with Gasteiger partial charge in [-0.1, -0.05) is 19.1 Å². The van der Waals surface area contributed by atoms with E-state index in [1.807, 2.05) is 17.0 Å². The number of piperidine rings is 1. The van der Waals surface area contributed by atoms with Gasteiger partial charge in [0.25, 0.3) is 5.91 Å². The quantitative estimate of drug-likeness (QED) is 0.515. The number of ether oxygens (including phenoxy) is 2. The summed E-state index contributed by atoms with van der Waals surface area (Å²) >= 11 is 0. The second kappa shape index (κ2) is 10.5. The second-order valence-electron chi connectivity index (χ2n) is 11.9. The predicted molar refractivity (Wildman–Crippen MR) is 151 cm³/mol. The molecule has 7 nitrogen and oxygen atoms in total. The van der Waals surface area contributed by atoms with Crippen LogP contribution in [0.1, 0.15) is 59.3 Å². The Morgan fingerprint density at radius 3 is 2.90 bits per heavy atom. The number of fused-ring (bicyclic) bond motifs is 2. The summed E-state index contributed by atoms with van der Waals surface area (Å²) in [7, 11) is 0. The van der Waals surface area contributed by atoms with Crippen LogP contribution in [-0.2, 0) is 17.8 Å². The standard InChI is InChI=1S/C32H38N4O3/c1-21-16-35(17-22-4-8-29-23(13-22)5-9-30(34-29)24-10-12-38-20-24)19-31(21)39-27-6-7-28-25(14-27)18-36(32(28)37)26-3-2-11-33-15-26/h4-9,13-14,21,24,26,31,33H,2-3,10-12,15-20H2,1H3/t21-,24+,26?,31-/m1/s1. The molecule has 0 aliphatic carbocycles. The van der Waals surface area contributed by atoms with Crippen LogP contribution in [0.3, 0.4) is 0 Å². The zero-order valence-corrected chi connectivity index (χ0v) is 22.8. The lowest BCUT2D eigenvalue weighted by Crippen LogP contribution is -2.46. The monoisotopic (exact) mass is 526 g/mol. The molecule has 0 saturated carbocycles. The van der Waals surface area contributed by atoms with Gasteiger partial charge in [0, 0.05) is 73.9 Å². The minimum absolute atomic E-state index is 0.136. The number of rotatable bonds is 6. The zero-order chi connectivity index (χ0) is 26.3. The third-order valence-corrected chi connectivity index (χ3v) is 9.06. The van der Waals surface area contributed by atoms with E-state index in [2.05, 4.69) is 53.5 Å². The van der Waals surface area contributed by atoms with Crippen molar-refractivity contribution in [1.29, 1.82) is 0 Å². The van der Waals surface area contributed by atoms with Crippen LogP contribution in [0.15, 0.2) is 48.5 Å². The van der Waals surface area contributed by atoms with E-state index in [4.69, 9.17) is 14.5 Å². The molecule has 0 radical (unpaired) electrons. The van der Waals surface area contributed by atoms with Gasteiger partial charge in [-0.05, 0) is 73.3 Å². The SMILES string of the molecule is C[C@@H]1CN(Cc2ccc3nc([C@H]4CCOC4)ccc3c2)C[C@H]1Oc1ccc2c(c1)CN(C1CCCNC1)C2=O. The van der Waals surface area contributed by atoms with Crippen molar-refractivity contribution in [2.24, 2.45) is 5.92 Å². The van der Waals surface area contributed by atoms with Gasteiger partial charge in [-0.3, -0.25) is 14.7 Å². The highest BCUT2D eigenvalue weighted by molar-refractivity contribution is 5.98. The van der Waals surface area contributed by atoms with Crippen LogP contribution in [-0.4, -0.2) is 72.2 Å². The number of hydrogen-bond acceptors (Lipinski definition) is 6. The molecule has 3 saturated heterocycles. The Bertz CT molecular complexity index is 1360. The number of likely N-dealkylation sites (tertiary alicyclic amines) is 1. The average Bonchev–Trinajstić information content (AvgIpc) is 3.69. The Morgan fingerprint density at radius 1 is 1.10 bits per heavy atom. The normalized spacial score (nSPS) is 27.4. The largest absolute Gasteiger partial charge is 0.489 e. The third kappa shape index (κ3) is 5.04. The molecular weight excluding hydrogens is 488 g/mol. The summed E-state index contributed by atoms with van der Waals surface area (Å²) in [5.74, 6) is 1.91. The second-order valence-corrected chi connectivity index (χ2v) is 11.9. The number of nitrogens with one attached hydrogen (secondary N) is 1. The fraction of sp³-hybridized carbons (Fsp3) is 0.500. The summed E-state index contributed by atoms with van der Waals surface area (Å²) in [6.07, 6.45) is 3.41. The smallest absolute Gasteiger partial charge is 0.254 e. The molecule has 0 bridgehead atoms. The molecule has 39 heavy (non-hydrogen) atoms. The van der Waals surface area contributed by atoms with E-state index < -0.39 is 0 Å². The maximum Gasteiger partial charge on any atom is 0.254 e. The van der Waals surface area contributed by atoms with E-state index in [0.717, 1.165) is 93.3 Å². The van der Waals surface area contributed by atoms with Gasteiger partial charge in [0.15, 0.2) is 0 Å². The van der Waals surface area contributed by atoms with Crippen molar-refractivity contribution in [3.63, 3.8) is 0 Å². The van der Waals surface area contributed by atoms with Gasteiger partial charge in [0.1, 0.15) is 11.9 Å². The van der Waals surface area contributed by atoms with Crippen molar-refractivity contribution in [2.45, 2.75) is 57.3 Å². The van der Waals surface area contributed by atoms with Crippen LogP contribution in [0.25, 0.3) is 10.9 Å². The minimum atomic E-state index is 0.136. The molecule has 1 N–H and O–H groups in total. The Morgan fingerprint density at radius 2 is 2.05 bits per heavy atom. The van der Waals surface area contributed by atoms with E-state index in [1.54, 1.807) is 0 Å². The van der Waals surface area contributed by atoms with Gasteiger partial charge in [-0.2, -0.15) is 0 Å².